The maximum absolute atomic E-state index is 11.8. The van der Waals surface area contributed by atoms with Crippen LogP contribution in [0.4, 0.5) is 5.69 Å². The van der Waals surface area contributed by atoms with Crippen molar-refractivity contribution in [2.24, 2.45) is 5.10 Å². The lowest BCUT2D eigenvalue weighted by Crippen LogP contribution is -2.25. The Bertz CT molecular complexity index is 941. The second-order valence-electron chi connectivity index (χ2n) is 7.42. The highest BCUT2D eigenvalue weighted by molar-refractivity contribution is 7.13. The van der Waals surface area contributed by atoms with Gasteiger partial charge in [0, 0.05) is 22.0 Å². The van der Waals surface area contributed by atoms with Gasteiger partial charge in [-0.3, -0.25) is 4.79 Å². The van der Waals surface area contributed by atoms with Crippen molar-refractivity contribution in [3.8, 4) is 10.6 Å². The van der Waals surface area contributed by atoms with Gasteiger partial charge in [-0.2, -0.15) is 5.10 Å². The standard InChI is InChI=1S/C22H24N4OS/c1-22(2,3)19-15-28-21(25-19)17-11-9-16(10-12-17)13-24-26-20(27)14-23-18-7-5-4-6-8-18/h4-13,15,23H,14H2,1-3H3,(H,26,27)/b24-13-. The van der Waals surface area contributed by atoms with Gasteiger partial charge >= 0.3 is 0 Å². The first kappa shape index (κ1) is 19.8. The Morgan fingerprint density at radius 3 is 2.46 bits per heavy atom. The number of anilines is 1. The van der Waals surface area contributed by atoms with Crippen LogP contribution < -0.4 is 10.7 Å². The molecule has 28 heavy (non-hydrogen) atoms. The number of aromatic nitrogens is 1. The first-order valence-corrected chi connectivity index (χ1v) is 9.97. The van der Waals surface area contributed by atoms with Crippen LogP contribution in [0.5, 0.6) is 0 Å². The molecule has 2 aromatic carbocycles. The van der Waals surface area contributed by atoms with E-state index in [-0.39, 0.29) is 17.9 Å². The van der Waals surface area contributed by atoms with Gasteiger partial charge in [-0.1, -0.05) is 63.2 Å². The molecule has 0 aliphatic carbocycles. The second kappa shape index (κ2) is 8.80. The number of nitrogens with zero attached hydrogens (tertiary/aromatic N) is 2. The van der Waals surface area contributed by atoms with E-state index in [0.29, 0.717) is 0 Å². The lowest BCUT2D eigenvalue weighted by molar-refractivity contribution is -0.119. The smallest absolute Gasteiger partial charge is 0.259 e. The van der Waals surface area contributed by atoms with Crippen molar-refractivity contribution in [2.45, 2.75) is 26.2 Å². The number of hydrazone groups is 1. The lowest BCUT2D eigenvalue weighted by Gasteiger charge is -2.14. The molecular weight excluding hydrogens is 368 g/mol. The van der Waals surface area contributed by atoms with Crippen LogP contribution in [-0.2, 0) is 10.2 Å². The molecule has 6 heteroatoms. The highest BCUT2D eigenvalue weighted by atomic mass is 32.1. The highest BCUT2D eigenvalue weighted by Crippen LogP contribution is 2.29. The molecule has 0 aliphatic rings. The molecule has 1 aromatic heterocycles. The number of carbonyl (C=O) groups is 1. The fraction of sp³-hybridized carbons (Fsp3) is 0.227. The minimum Gasteiger partial charge on any atom is -0.376 e. The van der Waals surface area contributed by atoms with Gasteiger partial charge in [-0.15, -0.1) is 11.3 Å². The van der Waals surface area contributed by atoms with E-state index in [9.17, 15) is 4.79 Å². The molecule has 0 atom stereocenters. The molecule has 0 bridgehead atoms. The van der Waals surface area contributed by atoms with Crippen LogP contribution in [0.2, 0.25) is 0 Å². The van der Waals surface area contributed by atoms with E-state index in [1.165, 1.54) is 0 Å². The molecular formula is C22H24N4OS. The van der Waals surface area contributed by atoms with Crippen LogP contribution in [0.15, 0.2) is 65.1 Å². The van der Waals surface area contributed by atoms with Crippen molar-refractivity contribution >= 4 is 29.1 Å². The molecule has 1 amide bonds. The van der Waals surface area contributed by atoms with Gasteiger partial charge in [0.1, 0.15) is 5.01 Å². The van der Waals surface area contributed by atoms with Crippen LogP contribution in [0, 0.1) is 0 Å². The average molecular weight is 393 g/mol. The first-order chi connectivity index (χ1) is 13.4. The Balaban J connectivity index is 1.52. The monoisotopic (exact) mass is 392 g/mol. The van der Waals surface area contributed by atoms with Gasteiger partial charge in [0.2, 0.25) is 0 Å². The predicted octanol–water partition coefficient (Wildman–Crippen LogP) is 4.67. The Labute approximate surface area is 169 Å². The average Bonchev–Trinajstić information content (AvgIpc) is 3.18. The number of para-hydroxylation sites is 1. The number of thiazole rings is 1. The van der Waals surface area contributed by atoms with Crippen molar-refractivity contribution in [3.05, 3.63) is 71.2 Å². The van der Waals surface area contributed by atoms with Crippen molar-refractivity contribution < 1.29 is 4.79 Å². The minimum atomic E-state index is -0.200. The molecule has 3 rings (SSSR count). The molecule has 0 spiro atoms. The van der Waals surface area contributed by atoms with Gasteiger partial charge in [0.05, 0.1) is 18.5 Å². The lowest BCUT2D eigenvalue weighted by atomic mass is 9.93. The van der Waals surface area contributed by atoms with Crippen LogP contribution in [-0.4, -0.2) is 23.7 Å². The number of carbonyl (C=O) groups excluding carboxylic acids is 1. The summed E-state index contributed by atoms with van der Waals surface area (Å²) >= 11 is 1.65. The maximum atomic E-state index is 11.8. The zero-order valence-corrected chi connectivity index (χ0v) is 17.1. The topological polar surface area (TPSA) is 66.4 Å². The zero-order valence-electron chi connectivity index (χ0n) is 16.3. The molecule has 2 N–H and O–H groups in total. The predicted molar refractivity (Wildman–Crippen MR) is 117 cm³/mol. The molecule has 0 radical (unpaired) electrons. The van der Waals surface area contributed by atoms with Crippen LogP contribution >= 0.6 is 11.3 Å². The summed E-state index contributed by atoms with van der Waals surface area (Å²) in [4.78, 5) is 16.6. The molecule has 0 unspecified atom stereocenters. The normalized spacial score (nSPS) is 11.5. The Morgan fingerprint density at radius 1 is 1.11 bits per heavy atom. The Hall–Kier alpha value is -2.99. The summed E-state index contributed by atoms with van der Waals surface area (Å²) < 4.78 is 0. The molecule has 1 heterocycles. The van der Waals surface area contributed by atoms with E-state index < -0.39 is 0 Å². The minimum absolute atomic E-state index is 0.0505. The molecule has 0 saturated heterocycles. The molecule has 0 fully saturated rings. The summed E-state index contributed by atoms with van der Waals surface area (Å²) in [5.74, 6) is -0.200. The van der Waals surface area contributed by atoms with Gasteiger partial charge in [-0.25, -0.2) is 10.4 Å². The van der Waals surface area contributed by atoms with E-state index in [2.05, 4.69) is 42.0 Å². The summed E-state index contributed by atoms with van der Waals surface area (Å²) in [6.07, 6.45) is 1.63. The SMILES string of the molecule is CC(C)(C)c1csc(-c2ccc(/C=N\NC(=O)CNc3ccccc3)cc2)n1. The third kappa shape index (κ3) is 5.50. The molecule has 0 aliphatic heterocycles. The van der Waals surface area contributed by atoms with E-state index in [1.807, 2.05) is 54.6 Å². The van der Waals surface area contributed by atoms with Crippen molar-refractivity contribution in [2.75, 3.05) is 11.9 Å². The fourth-order valence-electron chi connectivity index (χ4n) is 2.42. The summed E-state index contributed by atoms with van der Waals surface area (Å²) in [6.45, 7) is 6.65. The maximum Gasteiger partial charge on any atom is 0.259 e. The number of benzene rings is 2. The van der Waals surface area contributed by atoms with Gasteiger partial charge in [0.15, 0.2) is 0 Å². The number of hydrogen-bond donors (Lipinski definition) is 2. The van der Waals surface area contributed by atoms with Crippen molar-refractivity contribution in [1.82, 2.24) is 10.4 Å². The molecule has 0 saturated carbocycles. The second-order valence-corrected chi connectivity index (χ2v) is 8.28. The first-order valence-electron chi connectivity index (χ1n) is 9.09. The number of hydrogen-bond acceptors (Lipinski definition) is 5. The summed E-state index contributed by atoms with van der Waals surface area (Å²) in [5.41, 5.74) is 6.56. The van der Waals surface area contributed by atoms with E-state index in [4.69, 9.17) is 4.98 Å². The van der Waals surface area contributed by atoms with Gasteiger partial charge < -0.3 is 5.32 Å². The molecule has 3 aromatic rings. The highest BCUT2D eigenvalue weighted by Gasteiger charge is 2.17. The third-order valence-electron chi connectivity index (χ3n) is 4.06. The van der Waals surface area contributed by atoms with Crippen LogP contribution in [0.25, 0.3) is 10.6 Å². The van der Waals surface area contributed by atoms with Gasteiger partial charge in [0.25, 0.3) is 5.91 Å². The largest absolute Gasteiger partial charge is 0.376 e. The Kier molecular flexibility index (Phi) is 6.21. The third-order valence-corrected chi connectivity index (χ3v) is 4.95. The quantitative estimate of drug-likeness (QED) is 0.473. The summed E-state index contributed by atoms with van der Waals surface area (Å²) in [5, 5.41) is 10.2. The van der Waals surface area contributed by atoms with Crippen molar-refractivity contribution in [3.63, 3.8) is 0 Å². The number of amides is 1. The van der Waals surface area contributed by atoms with Gasteiger partial charge in [-0.05, 0) is 17.7 Å². The Morgan fingerprint density at radius 2 is 1.82 bits per heavy atom. The van der Waals surface area contributed by atoms with E-state index in [1.54, 1.807) is 17.6 Å². The van der Waals surface area contributed by atoms with Crippen LogP contribution in [0.1, 0.15) is 32.0 Å². The van der Waals surface area contributed by atoms with Crippen molar-refractivity contribution in [1.29, 1.82) is 0 Å². The molecule has 5 nitrogen and oxygen atoms in total. The number of nitrogens with one attached hydrogen (secondary N) is 2. The van der Waals surface area contributed by atoms with E-state index in [0.717, 1.165) is 27.5 Å². The zero-order chi connectivity index (χ0) is 20.0. The van der Waals surface area contributed by atoms with E-state index >= 15 is 0 Å². The summed E-state index contributed by atoms with van der Waals surface area (Å²) in [6, 6.07) is 17.5. The molecule has 144 valence electrons. The number of rotatable bonds is 6. The van der Waals surface area contributed by atoms with Crippen LogP contribution in [0.3, 0.4) is 0 Å². The summed E-state index contributed by atoms with van der Waals surface area (Å²) in [7, 11) is 0. The fourth-order valence-corrected chi connectivity index (χ4v) is 3.47.